The molecule has 2 aromatic rings. The molecule has 0 radical (unpaired) electrons. The molecule has 0 atom stereocenters. The first-order chi connectivity index (χ1) is 11.1. The predicted octanol–water partition coefficient (Wildman–Crippen LogP) is 2.17. The molecular formula is C17H26N6. The molecule has 6 heteroatoms. The van der Waals surface area contributed by atoms with Crippen molar-refractivity contribution >= 4 is 5.96 Å². The largest absolute Gasteiger partial charge is 0.357 e. The Hall–Kier alpha value is -2.37. The molecule has 1 aromatic heterocycles. The van der Waals surface area contributed by atoms with Crippen molar-refractivity contribution in [3.8, 4) is 0 Å². The maximum atomic E-state index is 4.67. The van der Waals surface area contributed by atoms with Crippen LogP contribution in [0.25, 0.3) is 0 Å². The Morgan fingerprint density at radius 3 is 2.74 bits per heavy atom. The fourth-order valence-corrected chi connectivity index (χ4v) is 2.37. The van der Waals surface area contributed by atoms with E-state index in [4.69, 9.17) is 0 Å². The Kier molecular flexibility index (Phi) is 6.14. The summed E-state index contributed by atoms with van der Waals surface area (Å²) in [6.07, 6.45) is 1.75. The molecule has 1 heterocycles. The van der Waals surface area contributed by atoms with Gasteiger partial charge in [0.05, 0.1) is 13.1 Å². The van der Waals surface area contributed by atoms with E-state index in [2.05, 4.69) is 71.7 Å². The zero-order valence-electron chi connectivity index (χ0n) is 14.4. The van der Waals surface area contributed by atoms with Gasteiger partial charge in [-0.15, -0.1) is 10.2 Å². The number of rotatable bonds is 6. The van der Waals surface area contributed by atoms with Crippen LogP contribution >= 0.6 is 0 Å². The third kappa shape index (κ3) is 4.81. The average molecular weight is 314 g/mol. The van der Waals surface area contributed by atoms with Gasteiger partial charge in [0, 0.05) is 13.1 Å². The van der Waals surface area contributed by atoms with Crippen molar-refractivity contribution in [3.63, 3.8) is 0 Å². The van der Waals surface area contributed by atoms with E-state index in [1.807, 2.05) is 4.57 Å². The molecule has 0 fully saturated rings. The zero-order valence-corrected chi connectivity index (χ0v) is 14.4. The second-order valence-corrected chi connectivity index (χ2v) is 5.51. The van der Waals surface area contributed by atoms with Crippen LogP contribution in [0.5, 0.6) is 0 Å². The topological polar surface area (TPSA) is 67.1 Å². The minimum absolute atomic E-state index is 0.604. The molecule has 0 saturated heterocycles. The van der Waals surface area contributed by atoms with Gasteiger partial charge in [-0.3, -0.25) is 0 Å². The number of guanidine groups is 1. The Bertz CT molecular complexity index is 659. The van der Waals surface area contributed by atoms with Crippen LogP contribution in [0.2, 0.25) is 0 Å². The molecule has 6 nitrogen and oxygen atoms in total. The van der Waals surface area contributed by atoms with E-state index < -0.39 is 0 Å². The lowest BCUT2D eigenvalue weighted by molar-refractivity contribution is 0.670. The Morgan fingerprint density at radius 1 is 1.22 bits per heavy atom. The molecule has 2 N–H and O–H groups in total. The molecule has 0 saturated carbocycles. The fraction of sp³-hybridized carbons (Fsp3) is 0.471. The second-order valence-electron chi connectivity index (χ2n) is 5.51. The van der Waals surface area contributed by atoms with Crippen LogP contribution in [0.1, 0.15) is 36.4 Å². The number of nitrogens with one attached hydrogen (secondary N) is 2. The first-order valence-electron chi connectivity index (χ1n) is 8.09. The van der Waals surface area contributed by atoms with Crippen molar-refractivity contribution in [2.75, 3.05) is 6.54 Å². The normalized spacial score (nSPS) is 11.6. The Balaban J connectivity index is 2.02. The number of aromatic nitrogens is 3. The lowest BCUT2D eigenvalue weighted by Gasteiger charge is -2.12. The second kappa shape index (κ2) is 8.31. The highest BCUT2D eigenvalue weighted by atomic mass is 15.3. The van der Waals surface area contributed by atoms with Crippen LogP contribution in [0, 0.1) is 13.8 Å². The van der Waals surface area contributed by atoms with Gasteiger partial charge >= 0.3 is 0 Å². The molecule has 0 spiro atoms. The van der Waals surface area contributed by atoms with Crippen molar-refractivity contribution in [2.45, 2.75) is 47.3 Å². The highest BCUT2D eigenvalue weighted by Gasteiger charge is 2.05. The van der Waals surface area contributed by atoms with E-state index in [1.165, 1.54) is 16.7 Å². The summed E-state index contributed by atoms with van der Waals surface area (Å²) in [6.45, 7) is 11.3. The molecule has 124 valence electrons. The van der Waals surface area contributed by atoms with E-state index in [0.717, 1.165) is 24.9 Å². The molecule has 23 heavy (non-hydrogen) atoms. The highest BCUT2D eigenvalue weighted by molar-refractivity contribution is 5.79. The average Bonchev–Trinajstić information content (AvgIpc) is 2.99. The molecule has 0 aliphatic rings. The molecule has 0 unspecified atom stereocenters. The van der Waals surface area contributed by atoms with Crippen molar-refractivity contribution in [1.82, 2.24) is 25.4 Å². The summed E-state index contributed by atoms with van der Waals surface area (Å²) in [5.74, 6) is 1.70. The van der Waals surface area contributed by atoms with Crippen LogP contribution in [0.3, 0.4) is 0 Å². The van der Waals surface area contributed by atoms with Gasteiger partial charge in [-0.25, -0.2) is 4.99 Å². The van der Waals surface area contributed by atoms with E-state index in [-0.39, 0.29) is 0 Å². The third-order valence-corrected chi connectivity index (χ3v) is 3.70. The monoisotopic (exact) mass is 314 g/mol. The summed E-state index contributed by atoms with van der Waals surface area (Å²) >= 11 is 0. The summed E-state index contributed by atoms with van der Waals surface area (Å²) in [5, 5.41) is 14.7. The molecule has 0 aliphatic carbocycles. The van der Waals surface area contributed by atoms with Crippen LogP contribution in [0.15, 0.2) is 29.5 Å². The standard InChI is InChI=1S/C17H26N6/c1-5-18-17(20-11-16-22-21-12-23(16)6-2)19-10-15-8-7-13(3)9-14(15)4/h7-9,12H,5-6,10-11H2,1-4H3,(H2,18,19,20). The number of hydrogen-bond donors (Lipinski definition) is 2. The summed E-state index contributed by atoms with van der Waals surface area (Å²) in [6, 6.07) is 6.46. The van der Waals surface area contributed by atoms with Crippen molar-refractivity contribution < 1.29 is 0 Å². The molecule has 0 bridgehead atoms. The maximum Gasteiger partial charge on any atom is 0.191 e. The first-order valence-corrected chi connectivity index (χ1v) is 8.09. The lowest BCUT2D eigenvalue weighted by Crippen LogP contribution is -2.37. The summed E-state index contributed by atoms with van der Waals surface area (Å²) < 4.78 is 2.01. The molecule has 0 amide bonds. The van der Waals surface area contributed by atoms with Gasteiger partial charge in [-0.05, 0) is 38.8 Å². The first kappa shape index (κ1) is 17.0. The number of aliphatic imine (C=N–C) groups is 1. The van der Waals surface area contributed by atoms with Gasteiger partial charge in [-0.1, -0.05) is 23.8 Å². The van der Waals surface area contributed by atoms with Crippen LogP contribution < -0.4 is 10.6 Å². The predicted molar refractivity (Wildman–Crippen MR) is 93.3 cm³/mol. The minimum atomic E-state index is 0.604. The zero-order chi connectivity index (χ0) is 16.7. The highest BCUT2D eigenvalue weighted by Crippen LogP contribution is 2.11. The van der Waals surface area contributed by atoms with Gasteiger partial charge in [0.25, 0.3) is 0 Å². The Labute approximate surface area is 138 Å². The van der Waals surface area contributed by atoms with Crippen molar-refractivity contribution in [1.29, 1.82) is 0 Å². The molecule has 0 aliphatic heterocycles. The third-order valence-electron chi connectivity index (χ3n) is 3.70. The molecule has 2 rings (SSSR count). The number of hydrogen-bond acceptors (Lipinski definition) is 3. The van der Waals surface area contributed by atoms with Gasteiger partial charge in [0.1, 0.15) is 6.33 Å². The van der Waals surface area contributed by atoms with Gasteiger partial charge in [0.15, 0.2) is 11.8 Å². The van der Waals surface area contributed by atoms with Gasteiger partial charge in [0.2, 0.25) is 0 Å². The minimum Gasteiger partial charge on any atom is -0.357 e. The maximum absolute atomic E-state index is 4.67. The fourth-order valence-electron chi connectivity index (χ4n) is 2.37. The van der Waals surface area contributed by atoms with E-state index >= 15 is 0 Å². The van der Waals surface area contributed by atoms with Crippen molar-refractivity contribution in [3.05, 3.63) is 47.0 Å². The number of nitrogens with zero attached hydrogens (tertiary/aromatic N) is 4. The summed E-state index contributed by atoms with van der Waals surface area (Å²) in [7, 11) is 0. The van der Waals surface area contributed by atoms with Crippen LogP contribution in [-0.2, 0) is 19.6 Å². The lowest BCUT2D eigenvalue weighted by atomic mass is 10.1. The van der Waals surface area contributed by atoms with Crippen molar-refractivity contribution in [2.24, 2.45) is 4.99 Å². The quantitative estimate of drug-likeness (QED) is 0.633. The van der Waals surface area contributed by atoms with E-state index in [9.17, 15) is 0 Å². The Morgan fingerprint density at radius 2 is 2.04 bits per heavy atom. The molecular weight excluding hydrogens is 288 g/mol. The van der Waals surface area contributed by atoms with Gasteiger partial charge in [-0.2, -0.15) is 0 Å². The van der Waals surface area contributed by atoms with Crippen LogP contribution in [-0.4, -0.2) is 27.3 Å². The smallest absolute Gasteiger partial charge is 0.191 e. The summed E-state index contributed by atoms with van der Waals surface area (Å²) in [4.78, 5) is 4.67. The number of benzene rings is 1. The van der Waals surface area contributed by atoms with Crippen LogP contribution in [0.4, 0.5) is 0 Å². The SMILES string of the molecule is CCNC(=NCc1ccc(C)cc1C)NCc1nncn1CC. The number of aryl methyl sites for hydroxylation is 3. The van der Waals surface area contributed by atoms with E-state index in [0.29, 0.717) is 13.1 Å². The van der Waals surface area contributed by atoms with Gasteiger partial charge < -0.3 is 15.2 Å². The van der Waals surface area contributed by atoms with E-state index in [1.54, 1.807) is 6.33 Å². The summed E-state index contributed by atoms with van der Waals surface area (Å²) in [5.41, 5.74) is 3.79. The molecule has 1 aromatic carbocycles.